The molecule has 1 N–H and O–H groups in total. The summed E-state index contributed by atoms with van der Waals surface area (Å²) in [5.41, 5.74) is 1.29. The molecular formula is C14H21BrClN. The van der Waals surface area contributed by atoms with Gasteiger partial charge in [0, 0.05) is 10.5 Å². The van der Waals surface area contributed by atoms with E-state index in [-0.39, 0.29) is 0 Å². The highest BCUT2D eigenvalue weighted by atomic mass is 79.9. The van der Waals surface area contributed by atoms with Gasteiger partial charge < -0.3 is 5.32 Å². The van der Waals surface area contributed by atoms with E-state index in [9.17, 15) is 0 Å². The van der Waals surface area contributed by atoms with Crippen LogP contribution in [-0.4, -0.2) is 6.54 Å². The standard InChI is InChI=1S/C14H21BrClN/c1-4-10(5-2)14(17-6-3)11-7-8-12(15)13(16)9-11/h7-10,14,17H,4-6H2,1-3H3. The number of rotatable bonds is 6. The highest BCUT2D eigenvalue weighted by Crippen LogP contribution is 2.31. The average Bonchev–Trinajstić information content (AvgIpc) is 2.33. The fourth-order valence-corrected chi connectivity index (χ4v) is 2.68. The van der Waals surface area contributed by atoms with Crippen LogP contribution in [-0.2, 0) is 0 Å². The van der Waals surface area contributed by atoms with Gasteiger partial charge in [0.25, 0.3) is 0 Å². The Hall–Kier alpha value is -0.0500. The lowest BCUT2D eigenvalue weighted by atomic mass is 9.89. The first kappa shape index (κ1) is 15.0. The third-order valence-electron chi connectivity index (χ3n) is 3.25. The molecule has 1 rings (SSSR count). The van der Waals surface area contributed by atoms with Crippen LogP contribution in [0.25, 0.3) is 0 Å². The minimum atomic E-state index is 0.403. The summed E-state index contributed by atoms with van der Waals surface area (Å²) in [6, 6.07) is 6.66. The van der Waals surface area contributed by atoms with Crippen LogP contribution in [0, 0.1) is 5.92 Å². The lowest BCUT2D eigenvalue weighted by molar-refractivity contribution is 0.346. The predicted octanol–water partition coefficient (Wildman–Crippen LogP) is 5.19. The molecule has 96 valence electrons. The highest BCUT2D eigenvalue weighted by Gasteiger charge is 2.19. The zero-order chi connectivity index (χ0) is 12.8. The van der Waals surface area contributed by atoms with Crippen LogP contribution in [0.5, 0.6) is 0 Å². The van der Waals surface area contributed by atoms with Gasteiger partial charge in [0.05, 0.1) is 5.02 Å². The van der Waals surface area contributed by atoms with Crippen molar-refractivity contribution >= 4 is 27.5 Å². The molecule has 1 unspecified atom stereocenters. The molecule has 0 bridgehead atoms. The smallest absolute Gasteiger partial charge is 0.0551 e. The minimum Gasteiger partial charge on any atom is -0.310 e. The summed E-state index contributed by atoms with van der Waals surface area (Å²) in [7, 11) is 0. The number of nitrogens with one attached hydrogen (secondary N) is 1. The molecular weight excluding hydrogens is 298 g/mol. The molecule has 1 nitrogen and oxygen atoms in total. The van der Waals surface area contributed by atoms with Crippen molar-refractivity contribution in [3.63, 3.8) is 0 Å². The first-order valence-electron chi connectivity index (χ1n) is 6.32. The van der Waals surface area contributed by atoms with Crippen LogP contribution in [0.4, 0.5) is 0 Å². The number of halogens is 2. The Morgan fingerprint density at radius 1 is 1.24 bits per heavy atom. The molecule has 3 heteroatoms. The van der Waals surface area contributed by atoms with Crippen molar-refractivity contribution in [3.05, 3.63) is 33.3 Å². The van der Waals surface area contributed by atoms with Crippen molar-refractivity contribution in [2.45, 2.75) is 39.7 Å². The third-order valence-corrected chi connectivity index (χ3v) is 4.48. The molecule has 0 saturated carbocycles. The first-order chi connectivity index (χ1) is 8.13. The molecule has 0 aliphatic rings. The van der Waals surface area contributed by atoms with Crippen LogP contribution in [0.2, 0.25) is 5.02 Å². The predicted molar refractivity (Wildman–Crippen MR) is 79.6 cm³/mol. The van der Waals surface area contributed by atoms with Gasteiger partial charge in [-0.25, -0.2) is 0 Å². The Balaban J connectivity index is 2.99. The third kappa shape index (κ3) is 3.97. The normalized spacial score (nSPS) is 13.1. The van der Waals surface area contributed by atoms with Crippen molar-refractivity contribution in [1.29, 1.82) is 0 Å². The monoisotopic (exact) mass is 317 g/mol. The molecule has 1 aromatic rings. The fraction of sp³-hybridized carbons (Fsp3) is 0.571. The number of hydrogen-bond donors (Lipinski definition) is 1. The van der Waals surface area contributed by atoms with Crippen molar-refractivity contribution < 1.29 is 0 Å². The van der Waals surface area contributed by atoms with Crippen LogP contribution in [0.15, 0.2) is 22.7 Å². The van der Waals surface area contributed by atoms with Gasteiger partial charge in [-0.1, -0.05) is 51.3 Å². The van der Waals surface area contributed by atoms with E-state index in [1.54, 1.807) is 0 Å². The van der Waals surface area contributed by atoms with E-state index in [4.69, 9.17) is 11.6 Å². The lowest BCUT2D eigenvalue weighted by Gasteiger charge is -2.27. The average molecular weight is 319 g/mol. The van der Waals surface area contributed by atoms with Crippen LogP contribution in [0.3, 0.4) is 0 Å². The van der Waals surface area contributed by atoms with Gasteiger partial charge in [-0.2, -0.15) is 0 Å². The summed E-state index contributed by atoms with van der Waals surface area (Å²) in [5.74, 6) is 0.659. The number of hydrogen-bond acceptors (Lipinski definition) is 1. The van der Waals surface area contributed by atoms with Gasteiger partial charge in [0.2, 0.25) is 0 Å². The maximum absolute atomic E-state index is 6.17. The van der Waals surface area contributed by atoms with Crippen molar-refractivity contribution in [2.24, 2.45) is 5.92 Å². The van der Waals surface area contributed by atoms with E-state index in [1.807, 2.05) is 6.07 Å². The van der Waals surface area contributed by atoms with Crippen molar-refractivity contribution in [2.75, 3.05) is 6.54 Å². The maximum Gasteiger partial charge on any atom is 0.0551 e. The largest absolute Gasteiger partial charge is 0.310 e. The molecule has 0 aliphatic carbocycles. The Morgan fingerprint density at radius 3 is 2.35 bits per heavy atom. The van der Waals surface area contributed by atoms with E-state index in [0.29, 0.717) is 12.0 Å². The van der Waals surface area contributed by atoms with Crippen molar-refractivity contribution in [3.8, 4) is 0 Å². The molecule has 1 aromatic carbocycles. The second kappa shape index (κ2) is 7.40. The summed E-state index contributed by atoms with van der Waals surface area (Å²) in [6.07, 6.45) is 2.36. The van der Waals surface area contributed by atoms with Crippen LogP contribution in [0.1, 0.15) is 45.2 Å². The molecule has 0 saturated heterocycles. The first-order valence-corrected chi connectivity index (χ1v) is 7.49. The van der Waals surface area contributed by atoms with Crippen molar-refractivity contribution in [1.82, 2.24) is 5.32 Å². The second-order valence-corrected chi connectivity index (χ2v) is 5.55. The molecule has 0 fully saturated rings. The topological polar surface area (TPSA) is 12.0 Å². The Bertz CT molecular complexity index is 350. The molecule has 0 spiro atoms. The molecule has 1 atom stereocenters. The molecule has 0 aliphatic heterocycles. The molecule has 0 aromatic heterocycles. The number of benzene rings is 1. The summed E-state index contributed by atoms with van der Waals surface area (Å²) in [6.45, 7) is 7.63. The molecule has 17 heavy (non-hydrogen) atoms. The van der Waals surface area contributed by atoms with E-state index in [2.05, 4.69) is 54.2 Å². The van der Waals surface area contributed by atoms with Gasteiger partial charge >= 0.3 is 0 Å². The Morgan fingerprint density at radius 2 is 1.88 bits per heavy atom. The SMILES string of the molecule is CCNC(c1ccc(Br)c(Cl)c1)C(CC)CC. The summed E-state index contributed by atoms with van der Waals surface area (Å²) >= 11 is 9.61. The lowest BCUT2D eigenvalue weighted by Crippen LogP contribution is -2.27. The zero-order valence-corrected chi connectivity index (χ0v) is 13.1. The summed E-state index contributed by atoms with van der Waals surface area (Å²) < 4.78 is 0.961. The fourth-order valence-electron chi connectivity index (χ4n) is 2.24. The second-order valence-electron chi connectivity index (χ2n) is 4.29. The van der Waals surface area contributed by atoms with E-state index in [1.165, 1.54) is 18.4 Å². The van der Waals surface area contributed by atoms with Crippen LogP contribution >= 0.6 is 27.5 Å². The van der Waals surface area contributed by atoms with Gasteiger partial charge in [-0.3, -0.25) is 0 Å². The quantitative estimate of drug-likeness (QED) is 0.761. The van der Waals surface area contributed by atoms with Gasteiger partial charge in [-0.05, 0) is 46.1 Å². The van der Waals surface area contributed by atoms with Crippen LogP contribution < -0.4 is 5.32 Å². The molecule has 0 amide bonds. The Kier molecular flexibility index (Phi) is 6.53. The minimum absolute atomic E-state index is 0.403. The summed E-state index contributed by atoms with van der Waals surface area (Å²) in [4.78, 5) is 0. The molecule has 0 heterocycles. The highest BCUT2D eigenvalue weighted by molar-refractivity contribution is 9.10. The Labute approximate surface area is 118 Å². The molecule has 0 radical (unpaired) electrons. The van der Waals surface area contributed by atoms with E-state index < -0.39 is 0 Å². The zero-order valence-electron chi connectivity index (χ0n) is 10.8. The van der Waals surface area contributed by atoms with Gasteiger partial charge in [-0.15, -0.1) is 0 Å². The van der Waals surface area contributed by atoms with E-state index >= 15 is 0 Å². The van der Waals surface area contributed by atoms with Gasteiger partial charge in [0.1, 0.15) is 0 Å². The van der Waals surface area contributed by atoms with Gasteiger partial charge in [0.15, 0.2) is 0 Å². The summed E-state index contributed by atoms with van der Waals surface area (Å²) in [5, 5.41) is 4.36. The van der Waals surface area contributed by atoms with E-state index in [0.717, 1.165) is 16.0 Å². The maximum atomic E-state index is 6.17.